The van der Waals surface area contributed by atoms with Crippen molar-refractivity contribution >= 4 is 22.5 Å². The first-order valence-electron chi connectivity index (χ1n) is 8.08. The Bertz CT molecular complexity index is 752. The summed E-state index contributed by atoms with van der Waals surface area (Å²) in [7, 11) is 0. The van der Waals surface area contributed by atoms with Gasteiger partial charge in [-0.15, -0.1) is 0 Å². The number of piperidine rings is 1. The van der Waals surface area contributed by atoms with E-state index in [0.717, 1.165) is 48.3 Å². The summed E-state index contributed by atoms with van der Waals surface area (Å²) in [5.41, 5.74) is 1.81. The molecule has 2 saturated heterocycles. The number of benzene rings is 1. The molecule has 1 N–H and O–H groups in total. The van der Waals surface area contributed by atoms with E-state index in [1.165, 1.54) is 5.56 Å². The lowest BCUT2D eigenvalue weighted by molar-refractivity contribution is 0.0819. The summed E-state index contributed by atoms with van der Waals surface area (Å²) in [4.78, 5) is 2.30. The van der Waals surface area contributed by atoms with E-state index >= 15 is 0 Å². The van der Waals surface area contributed by atoms with Crippen LogP contribution in [0, 0.1) is 11.3 Å². The van der Waals surface area contributed by atoms with Gasteiger partial charge in [0.1, 0.15) is 5.54 Å². The van der Waals surface area contributed by atoms with Gasteiger partial charge in [0.2, 0.25) is 0 Å². The summed E-state index contributed by atoms with van der Waals surface area (Å²) >= 11 is 6.48. The Balaban J connectivity index is 1.52. The fourth-order valence-electron chi connectivity index (χ4n) is 3.87. The van der Waals surface area contributed by atoms with Gasteiger partial charge in [0, 0.05) is 36.5 Å². The van der Waals surface area contributed by atoms with Crippen LogP contribution < -0.4 is 0 Å². The second kappa shape index (κ2) is 5.79. The summed E-state index contributed by atoms with van der Waals surface area (Å²) in [6, 6.07) is 6.61. The van der Waals surface area contributed by atoms with Crippen LogP contribution >= 0.6 is 11.6 Å². The molecule has 2 fully saturated rings. The first kappa shape index (κ1) is 14.9. The van der Waals surface area contributed by atoms with Crippen LogP contribution in [0.4, 0.5) is 0 Å². The number of nitrogens with zero attached hydrogens (tertiary/aromatic N) is 3. The number of H-pyrrole nitrogens is 1. The molecule has 1 aromatic carbocycles. The van der Waals surface area contributed by atoms with Crippen LogP contribution in [0.2, 0.25) is 5.02 Å². The summed E-state index contributed by atoms with van der Waals surface area (Å²) in [6.07, 6.45) is 4.64. The van der Waals surface area contributed by atoms with Crippen LogP contribution in [0.5, 0.6) is 0 Å². The van der Waals surface area contributed by atoms with Crippen molar-refractivity contribution in [1.29, 1.82) is 5.26 Å². The number of halogens is 1. The first-order chi connectivity index (χ1) is 11.2. The molecular weight excluding hydrogens is 312 g/mol. The quantitative estimate of drug-likeness (QED) is 0.919. The Hall–Kier alpha value is -1.61. The molecule has 0 amide bonds. The number of likely N-dealkylation sites (tertiary alicyclic amines) is 1. The van der Waals surface area contributed by atoms with Crippen molar-refractivity contribution in [3.8, 4) is 6.07 Å². The summed E-state index contributed by atoms with van der Waals surface area (Å²) in [6.45, 7) is 3.06. The zero-order valence-corrected chi connectivity index (χ0v) is 13.6. The molecule has 1 aromatic heterocycles. The van der Waals surface area contributed by atoms with Gasteiger partial charge in [-0.3, -0.25) is 10.00 Å². The number of fused-ring (bicyclic) bond motifs is 1. The van der Waals surface area contributed by atoms with Crippen LogP contribution in [0.15, 0.2) is 18.3 Å². The van der Waals surface area contributed by atoms with Gasteiger partial charge < -0.3 is 4.74 Å². The third-order valence-electron chi connectivity index (χ3n) is 5.31. The van der Waals surface area contributed by atoms with E-state index in [4.69, 9.17) is 16.3 Å². The highest BCUT2D eigenvalue weighted by molar-refractivity contribution is 6.32. The van der Waals surface area contributed by atoms with Gasteiger partial charge in [-0.2, -0.15) is 10.4 Å². The van der Waals surface area contributed by atoms with E-state index in [2.05, 4.69) is 27.2 Å². The van der Waals surface area contributed by atoms with E-state index < -0.39 is 5.54 Å². The molecule has 4 rings (SSSR count). The second-order valence-corrected chi connectivity index (χ2v) is 6.95. The number of hydrogen-bond donors (Lipinski definition) is 1. The van der Waals surface area contributed by atoms with Crippen molar-refractivity contribution in [3.63, 3.8) is 0 Å². The Morgan fingerprint density at radius 3 is 2.91 bits per heavy atom. The molecule has 3 heterocycles. The van der Waals surface area contributed by atoms with E-state index in [-0.39, 0.29) is 0 Å². The largest absolute Gasteiger partial charge is 0.378 e. The van der Waals surface area contributed by atoms with Crippen molar-refractivity contribution in [2.24, 2.45) is 0 Å². The maximum Gasteiger partial charge on any atom is 0.134 e. The maximum atomic E-state index is 9.59. The van der Waals surface area contributed by atoms with E-state index in [1.54, 1.807) is 6.20 Å². The molecule has 23 heavy (non-hydrogen) atoms. The van der Waals surface area contributed by atoms with Gasteiger partial charge in [0.25, 0.3) is 0 Å². The molecule has 0 aliphatic carbocycles. The molecule has 5 nitrogen and oxygen atoms in total. The van der Waals surface area contributed by atoms with Crippen molar-refractivity contribution in [2.75, 3.05) is 26.3 Å². The number of aromatic amines is 1. The van der Waals surface area contributed by atoms with E-state index in [9.17, 15) is 5.26 Å². The van der Waals surface area contributed by atoms with Crippen molar-refractivity contribution in [2.45, 2.75) is 30.7 Å². The highest BCUT2D eigenvalue weighted by Gasteiger charge is 2.42. The summed E-state index contributed by atoms with van der Waals surface area (Å²) in [5.74, 6) is 0.435. The van der Waals surface area contributed by atoms with Crippen molar-refractivity contribution in [3.05, 3.63) is 28.9 Å². The van der Waals surface area contributed by atoms with E-state index in [1.807, 2.05) is 6.07 Å². The standard InChI is InChI=1S/C17H19ClN4O/c18-15-7-13-9-20-21-16(13)8-14(15)12-1-4-22(5-2-12)17(10-19)3-6-23-11-17/h7-9,12H,1-6,11H2,(H,20,21). The molecular formula is C17H19ClN4O. The SMILES string of the molecule is N#CC1(N2CCC(c3cc4[nH]ncc4cc3Cl)CC2)CCOC1. The number of nitrogens with one attached hydrogen (secondary N) is 1. The summed E-state index contributed by atoms with van der Waals surface area (Å²) < 4.78 is 5.48. The lowest BCUT2D eigenvalue weighted by atomic mass is 9.86. The summed E-state index contributed by atoms with van der Waals surface area (Å²) in [5, 5.41) is 18.5. The zero-order chi connectivity index (χ0) is 15.9. The predicted molar refractivity (Wildman–Crippen MR) is 88.4 cm³/mol. The molecule has 120 valence electrons. The fourth-order valence-corrected chi connectivity index (χ4v) is 4.20. The smallest absolute Gasteiger partial charge is 0.134 e. The fraction of sp³-hybridized carbons (Fsp3) is 0.529. The van der Waals surface area contributed by atoms with Gasteiger partial charge in [-0.05, 0) is 36.5 Å². The minimum atomic E-state index is -0.415. The van der Waals surface area contributed by atoms with Gasteiger partial charge in [0.15, 0.2) is 0 Å². The second-order valence-electron chi connectivity index (χ2n) is 6.54. The Kier molecular flexibility index (Phi) is 3.76. The monoisotopic (exact) mass is 330 g/mol. The molecule has 6 heteroatoms. The van der Waals surface area contributed by atoms with Crippen LogP contribution in [-0.4, -0.2) is 46.9 Å². The number of ether oxygens (including phenoxy) is 1. The van der Waals surface area contributed by atoms with Crippen molar-refractivity contribution in [1.82, 2.24) is 15.1 Å². The Labute approximate surface area is 140 Å². The molecule has 2 aromatic rings. The average Bonchev–Trinajstić information content (AvgIpc) is 3.23. The number of hydrogen-bond acceptors (Lipinski definition) is 4. The lowest BCUT2D eigenvalue weighted by Gasteiger charge is -2.40. The minimum absolute atomic E-state index is 0.415. The van der Waals surface area contributed by atoms with Gasteiger partial charge >= 0.3 is 0 Å². The van der Waals surface area contributed by atoms with Gasteiger partial charge in [-0.1, -0.05) is 11.6 Å². The maximum absolute atomic E-state index is 9.59. The topological polar surface area (TPSA) is 64.9 Å². The first-order valence-corrected chi connectivity index (χ1v) is 8.46. The van der Waals surface area contributed by atoms with Crippen molar-refractivity contribution < 1.29 is 4.74 Å². The molecule has 2 aliphatic heterocycles. The number of aromatic nitrogens is 2. The number of nitriles is 1. The minimum Gasteiger partial charge on any atom is -0.378 e. The normalized spacial score (nSPS) is 26.6. The highest BCUT2D eigenvalue weighted by atomic mass is 35.5. The lowest BCUT2D eigenvalue weighted by Crippen LogP contribution is -2.51. The zero-order valence-electron chi connectivity index (χ0n) is 12.9. The van der Waals surface area contributed by atoms with Crippen LogP contribution in [0.1, 0.15) is 30.7 Å². The Morgan fingerprint density at radius 2 is 2.22 bits per heavy atom. The average molecular weight is 331 g/mol. The molecule has 0 saturated carbocycles. The van der Waals surface area contributed by atoms with Gasteiger partial charge in [0.05, 0.1) is 24.4 Å². The van der Waals surface area contributed by atoms with Gasteiger partial charge in [-0.25, -0.2) is 0 Å². The predicted octanol–water partition coefficient (Wildman–Crippen LogP) is 3.08. The Morgan fingerprint density at radius 1 is 1.39 bits per heavy atom. The van der Waals surface area contributed by atoms with E-state index in [0.29, 0.717) is 19.1 Å². The molecule has 1 atom stereocenters. The number of rotatable bonds is 2. The highest BCUT2D eigenvalue weighted by Crippen LogP contribution is 2.38. The molecule has 1 unspecified atom stereocenters. The third kappa shape index (κ3) is 2.51. The molecule has 0 radical (unpaired) electrons. The molecule has 2 aliphatic rings. The van der Waals surface area contributed by atoms with Crippen LogP contribution in [-0.2, 0) is 4.74 Å². The van der Waals surface area contributed by atoms with Crippen LogP contribution in [0.25, 0.3) is 10.9 Å². The molecule has 0 bridgehead atoms. The molecule has 0 spiro atoms. The van der Waals surface area contributed by atoms with Crippen LogP contribution in [0.3, 0.4) is 0 Å². The third-order valence-corrected chi connectivity index (χ3v) is 5.63.